The Morgan fingerprint density at radius 2 is 2.00 bits per heavy atom. The third-order valence-corrected chi connectivity index (χ3v) is 4.57. The van der Waals surface area contributed by atoms with E-state index < -0.39 is 0 Å². The molecule has 1 aliphatic rings. The first-order valence-electron chi connectivity index (χ1n) is 7.13. The van der Waals surface area contributed by atoms with Gasteiger partial charge in [0, 0.05) is 13.1 Å². The Labute approximate surface area is 111 Å². The van der Waals surface area contributed by atoms with Crippen molar-refractivity contribution in [2.75, 3.05) is 19.6 Å². The van der Waals surface area contributed by atoms with Crippen LogP contribution < -0.4 is 5.73 Å². The van der Waals surface area contributed by atoms with Crippen LogP contribution in [0.2, 0.25) is 0 Å². The SMILES string of the molecule is CC(C)C1(CN)CCCN(Cc2ccccc2)C1. The highest BCUT2D eigenvalue weighted by Gasteiger charge is 2.36. The van der Waals surface area contributed by atoms with Gasteiger partial charge in [-0.2, -0.15) is 0 Å². The second-order valence-corrected chi connectivity index (χ2v) is 6.02. The third kappa shape index (κ3) is 2.93. The lowest BCUT2D eigenvalue weighted by atomic mass is 9.71. The van der Waals surface area contributed by atoms with Crippen LogP contribution in [0.1, 0.15) is 32.3 Å². The number of nitrogens with zero attached hydrogens (tertiary/aromatic N) is 1. The Kier molecular flexibility index (Phi) is 4.41. The minimum atomic E-state index is 0.326. The molecular formula is C16H26N2. The van der Waals surface area contributed by atoms with E-state index in [-0.39, 0.29) is 0 Å². The summed E-state index contributed by atoms with van der Waals surface area (Å²) in [5.74, 6) is 0.668. The molecule has 2 nitrogen and oxygen atoms in total. The van der Waals surface area contributed by atoms with Crippen LogP contribution in [0.15, 0.2) is 30.3 Å². The van der Waals surface area contributed by atoms with Crippen LogP contribution in [0.3, 0.4) is 0 Å². The van der Waals surface area contributed by atoms with Crippen molar-refractivity contribution in [3.8, 4) is 0 Å². The molecule has 1 atom stereocenters. The average Bonchev–Trinajstić information content (AvgIpc) is 2.40. The van der Waals surface area contributed by atoms with Crippen LogP contribution in [0, 0.1) is 11.3 Å². The fourth-order valence-corrected chi connectivity index (χ4v) is 3.11. The van der Waals surface area contributed by atoms with Gasteiger partial charge in [-0.25, -0.2) is 0 Å². The van der Waals surface area contributed by atoms with Crippen LogP contribution in [-0.4, -0.2) is 24.5 Å². The maximum Gasteiger partial charge on any atom is 0.0233 e. The summed E-state index contributed by atoms with van der Waals surface area (Å²) in [5.41, 5.74) is 7.81. The molecule has 100 valence electrons. The Bertz CT molecular complexity index is 361. The number of nitrogens with two attached hydrogens (primary N) is 1. The summed E-state index contributed by atoms with van der Waals surface area (Å²) < 4.78 is 0. The van der Waals surface area contributed by atoms with Gasteiger partial charge in [0.05, 0.1) is 0 Å². The summed E-state index contributed by atoms with van der Waals surface area (Å²) in [7, 11) is 0. The Morgan fingerprint density at radius 1 is 1.28 bits per heavy atom. The first kappa shape index (κ1) is 13.6. The van der Waals surface area contributed by atoms with Crippen molar-refractivity contribution in [2.24, 2.45) is 17.1 Å². The number of benzene rings is 1. The van der Waals surface area contributed by atoms with Crippen molar-refractivity contribution in [3.05, 3.63) is 35.9 Å². The first-order chi connectivity index (χ1) is 8.66. The Balaban J connectivity index is 2.02. The number of piperidine rings is 1. The molecule has 2 N–H and O–H groups in total. The van der Waals surface area contributed by atoms with Gasteiger partial charge in [0.2, 0.25) is 0 Å². The largest absolute Gasteiger partial charge is 0.330 e. The number of hydrogen-bond acceptors (Lipinski definition) is 2. The maximum absolute atomic E-state index is 6.07. The van der Waals surface area contributed by atoms with E-state index in [2.05, 4.69) is 49.1 Å². The summed E-state index contributed by atoms with van der Waals surface area (Å²) in [5, 5.41) is 0. The normalized spacial score (nSPS) is 25.6. The predicted octanol–water partition coefficient (Wildman–Crippen LogP) is 2.88. The van der Waals surface area contributed by atoms with E-state index in [1.54, 1.807) is 0 Å². The zero-order valence-corrected chi connectivity index (χ0v) is 11.7. The van der Waals surface area contributed by atoms with Crippen LogP contribution in [-0.2, 0) is 6.54 Å². The molecule has 2 rings (SSSR count). The molecule has 0 aromatic heterocycles. The van der Waals surface area contributed by atoms with Gasteiger partial charge < -0.3 is 5.73 Å². The fourth-order valence-electron chi connectivity index (χ4n) is 3.11. The molecule has 0 amide bonds. The lowest BCUT2D eigenvalue weighted by molar-refractivity contribution is 0.0501. The first-order valence-corrected chi connectivity index (χ1v) is 7.13. The van der Waals surface area contributed by atoms with E-state index in [9.17, 15) is 0 Å². The molecule has 2 heteroatoms. The molecule has 0 spiro atoms. The molecule has 18 heavy (non-hydrogen) atoms. The van der Waals surface area contributed by atoms with E-state index in [4.69, 9.17) is 5.73 Å². The molecule has 1 saturated heterocycles. The molecule has 1 heterocycles. The maximum atomic E-state index is 6.07. The monoisotopic (exact) mass is 246 g/mol. The van der Waals surface area contributed by atoms with Gasteiger partial charge in [0.15, 0.2) is 0 Å². The summed E-state index contributed by atoms with van der Waals surface area (Å²) in [6, 6.07) is 10.8. The standard InChI is InChI=1S/C16H26N2/c1-14(2)16(12-17)9-6-10-18(13-16)11-15-7-4-3-5-8-15/h3-5,7-8,14H,6,9-13,17H2,1-2H3. The third-order valence-electron chi connectivity index (χ3n) is 4.57. The van der Waals surface area contributed by atoms with E-state index in [1.807, 2.05) is 0 Å². The van der Waals surface area contributed by atoms with Crippen LogP contribution in [0.5, 0.6) is 0 Å². The molecule has 1 unspecified atom stereocenters. The van der Waals surface area contributed by atoms with Gasteiger partial charge in [0.1, 0.15) is 0 Å². The molecule has 0 aliphatic carbocycles. The van der Waals surface area contributed by atoms with Crippen molar-refractivity contribution in [1.29, 1.82) is 0 Å². The van der Waals surface area contributed by atoms with Gasteiger partial charge >= 0.3 is 0 Å². The highest BCUT2D eigenvalue weighted by atomic mass is 15.1. The minimum Gasteiger partial charge on any atom is -0.330 e. The Hall–Kier alpha value is -0.860. The summed E-state index contributed by atoms with van der Waals surface area (Å²) in [6.45, 7) is 8.88. The molecule has 1 aromatic carbocycles. The summed E-state index contributed by atoms with van der Waals surface area (Å²) in [4.78, 5) is 2.58. The summed E-state index contributed by atoms with van der Waals surface area (Å²) in [6.07, 6.45) is 2.56. The van der Waals surface area contributed by atoms with E-state index in [1.165, 1.54) is 24.9 Å². The average molecular weight is 246 g/mol. The quantitative estimate of drug-likeness (QED) is 0.885. The number of likely N-dealkylation sites (tertiary alicyclic amines) is 1. The molecule has 1 aliphatic heterocycles. The highest BCUT2D eigenvalue weighted by Crippen LogP contribution is 2.36. The van der Waals surface area contributed by atoms with Crippen LogP contribution >= 0.6 is 0 Å². The van der Waals surface area contributed by atoms with Gasteiger partial charge in [-0.05, 0) is 42.8 Å². The van der Waals surface area contributed by atoms with Gasteiger partial charge in [-0.1, -0.05) is 44.2 Å². The second-order valence-electron chi connectivity index (χ2n) is 6.02. The topological polar surface area (TPSA) is 29.3 Å². The van der Waals surface area contributed by atoms with Gasteiger partial charge in [-0.3, -0.25) is 4.90 Å². The smallest absolute Gasteiger partial charge is 0.0233 e. The molecule has 1 fully saturated rings. The Morgan fingerprint density at radius 3 is 2.61 bits per heavy atom. The fraction of sp³-hybridized carbons (Fsp3) is 0.625. The molecular weight excluding hydrogens is 220 g/mol. The molecule has 0 bridgehead atoms. The van der Waals surface area contributed by atoms with Gasteiger partial charge in [0.25, 0.3) is 0 Å². The minimum absolute atomic E-state index is 0.326. The predicted molar refractivity (Wildman–Crippen MR) is 77.3 cm³/mol. The molecule has 0 saturated carbocycles. The van der Waals surface area contributed by atoms with Crippen molar-refractivity contribution >= 4 is 0 Å². The van der Waals surface area contributed by atoms with Crippen LogP contribution in [0.25, 0.3) is 0 Å². The molecule has 0 radical (unpaired) electrons. The molecule has 1 aromatic rings. The lowest BCUT2D eigenvalue weighted by Crippen LogP contribution is -2.49. The number of rotatable bonds is 4. The van der Waals surface area contributed by atoms with Crippen LogP contribution in [0.4, 0.5) is 0 Å². The summed E-state index contributed by atoms with van der Waals surface area (Å²) >= 11 is 0. The zero-order valence-electron chi connectivity index (χ0n) is 11.7. The van der Waals surface area contributed by atoms with E-state index >= 15 is 0 Å². The van der Waals surface area contributed by atoms with Crippen molar-refractivity contribution in [1.82, 2.24) is 4.90 Å². The van der Waals surface area contributed by atoms with Gasteiger partial charge in [-0.15, -0.1) is 0 Å². The highest BCUT2D eigenvalue weighted by molar-refractivity contribution is 5.14. The zero-order chi connectivity index (χ0) is 13.0. The number of hydrogen-bond donors (Lipinski definition) is 1. The van der Waals surface area contributed by atoms with E-state index in [0.717, 1.165) is 19.6 Å². The lowest BCUT2D eigenvalue weighted by Gasteiger charge is -2.45. The van der Waals surface area contributed by atoms with Crippen molar-refractivity contribution < 1.29 is 0 Å². The van der Waals surface area contributed by atoms with Crippen molar-refractivity contribution in [3.63, 3.8) is 0 Å². The second kappa shape index (κ2) is 5.85. The van der Waals surface area contributed by atoms with E-state index in [0.29, 0.717) is 11.3 Å². The van der Waals surface area contributed by atoms with Crippen molar-refractivity contribution in [2.45, 2.75) is 33.2 Å².